The Bertz CT molecular complexity index is 244. The van der Waals surface area contributed by atoms with E-state index in [0.29, 0.717) is 6.04 Å². The van der Waals surface area contributed by atoms with Gasteiger partial charge in [0.25, 0.3) is 0 Å². The first-order valence-corrected chi connectivity index (χ1v) is 4.75. The summed E-state index contributed by atoms with van der Waals surface area (Å²) in [4.78, 5) is 0. The Kier molecular flexibility index (Phi) is 3.89. The molecule has 0 aromatic carbocycles. The third-order valence-corrected chi connectivity index (χ3v) is 2.21. The van der Waals surface area contributed by atoms with Crippen LogP contribution in [0.2, 0.25) is 0 Å². The molecule has 0 saturated carbocycles. The zero-order valence-electron chi connectivity index (χ0n) is 8.62. The maximum atomic E-state index is 4.03. The lowest BCUT2D eigenvalue weighted by molar-refractivity contribution is 0.540. The molecule has 13 heavy (non-hydrogen) atoms. The minimum atomic E-state index is 0.594. The minimum absolute atomic E-state index is 0.594. The number of hydrogen-bond acceptors (Lipinski definition) is 3. The van der Waals surface area contributed by atoms with Crippen molar-refractivity contribution >= 4 is 0 Å². The fourth-order valence-electron chi connectivity index (χ4n) is 1.24. The molecular formula is C9H18N4. The highest BCUT2D eigenvalue weighted by molar-refractivity contribution is 4.91. The number of nitrogens with one attached hydrogen (secondary N) is 1. The highest BCUT2D eigenvalue weighted by Gasteiger charge is 2.00. The molecule has 0 radical (unpaired) electrons. The number of aryl methyl sites for hydroxylation is 2. The Morgan fingerprint density at radius 2 is 2.38 bits per heavy atom. The molecule has 0 aliphatic heterocycles. The molecule has 1 heterocycles. The molecular weight excluding hydrogens is 164 g/mol. The van der Waals surface area contributed by atoms with Crippen molar-refractivity contribution in [3.8, 4) is 0 Å². The predicted octanol–water partition coefficient (Wildman–Crippen LogP) is 0.746. The van der Waals surface area contributed by atoms with Gasteiger partial charge in [0, 0.05) is 19.3 Å². The standard InChI is InChI=1S/C9H18N4/c1-8(10-2)5-4-6-9-7-13(3)12-11-9/h7-8,10H,4-6H2,1-3H3. The first-order chi connectivity index (χ1) is 6.22. The van der Waals surface area contributed by atoms with Gasteiger partial charge in [-0.2, -0.15) is 0 Å². The monoisotopic (exact) mass is 182 g/mol. The van der Waals surface area contributed by atoms with Crippen LogP contribution in [0, 0.1) is 0 Å². The Labute approximate surface area is 79.3 Å². The van der Waals surface area contributed by atoms with Gasteiger partial charge in [-0.25, -0.2) is 0 Å². The van der Waals surface area contributed by atoms with Gasteiger partial charge < -0.3 is 5.32 Å². The van der Waals surface area contributed by atoms with E-state index in [-0.39, 0.29) is 0 Å². The van der Waals surface area contributed by atoms with Gasteiger partial charge in [-0.05, 0) is 33.2 Å². The van der Waals surface area contributed by atoms with Crippen molar-refractivity contribution in [3.63, 3.8) is 0 Å². The molecule has 1 unspecified atom stereocenters. The van der Waals surface area contributed by atoms with Crippen LogP contribution in [0.15, 0.2) is 6.20 Å². The van der Waals surface area contributed by atoms with E-state index in [2.05, 4.69) is 22.6 Å². The topological polar surface area (TPSA) is 42.7 Å². The molecule has 0 bridgehead atoms. The van der Waals surface area contributed by atoms with E-state index >= 15 is 0 Å². The van der Waals surface area contributed by atoms with Crippen LogP contribution in [0.3, 0.4) is 0 Å². The van der Waals surface area contributed by atoms with Crippen LogP contribution in [-0.2, 0) is 13.5 Å². The molecule has 0 aliphatic rings. The third kappa shape index (κ3) is 3.55. The molecule has 0 saturated heterocycles. The van der Waals surface area contributed by atoms with Gasteiger partial charge in [-0.15, -0.1) is 5.10 Å². The number of rotatable bonds is 5. The molecule has 74 valence electrons. The van der Waals surface area contributed by atoms with E-state index < -0.39 is 0 Å². The lowest BCUT2D eigenvalue weighted by atomic mass is 10.1. The Morgan fingerprint density at radius 3 is 2.92 bits per heavy atom. The van der Waals surface area contributed by atoms with Gasteiger partial charge in [0.2, 0.25) is 0 Å². The largest absolute Gasteiger partial charge is 0.317 e. The van der Waals surface area contributed by atoms with Crippen LogP contribution < -0.4 is 5.32 Å². The lowest BCUT2D eigenvalue weighted by Crippen LogP contribution is -2.20. The number of nitrogens with zero attached hydrogens (tertiary/aromatic N) is 3. The molecule has 1 aromatic heterocycles. The van der Waals surface area contributed by atoms with E-state index in [0.717, 1.165) is 12.1 Å². The Morgan fingerprint density at radius 1 is 1.62 bits per heavy atom. The van der Waals surface area contributed by atoms with Crippen molar-refractivity contribution in [2.75, 3.05) is 7.05 Å². The van der Waals surface area contributed by atoms with E-state index in [9.17, 15) is 0 Å². The van der Waals surface area contributed by atoms with Crippen molar-refractivity contribution in [3.05, 3.63) is 11.9 Å². The van der Waals surface area contributed by atoms with Gasteiger partial charge in [-0.3, -0.25) is 4.68 Å². The summed E-state index contributed by atoms with van der Waals surface area (Å²) in [6, 6.07) is 0.594. The lowest BCUT2D eigenvalue weighted by Gasteiger charge is -2.07. The summed E-state index contributed by atoms with van der Waals surface area (Å²) >= 11 is 0. The molecule has 4 heteroatoms. The molecule has 0 aliphatic carbocycles. The molecule has 0 spiro atoms. The Balaban J connectivity index is 2.20. The van der Waals surface area contributed by atoms with Crippen molar-refractivity contribution in [2.24, 2.45) is 7.05 Å². The second kappa shape index (κ2) is 4.97. The average Bonchev–Trinajstić information content (AvgIpc) is 2.51. The van der Waals surface area contributed by atoms with E-state index in [1.54, 1.807) is 4.68 Å². The van der Waals surface area contributed by atoms with Crippen LogP contribution in [0.25, 0.3) is 0 Å². The normalized spacial score (nSPS) is 13.2. The number of aromatic nitrogens is 3. The summed E-state index contributed by atoms with van der Waals surface area (Å²) in [5.74, 6) is 0. The highest BCUT2D eigenvalue weighted by Crippen LogP contribution is 2.02. The van der Waals surface area contributed by atoms with Gasteiger partial charge in [-0.1, -0.05) is 5.21 Å². The summed E-state index contributed by atoms with van der Waals surface area (Å²) in [6.07, 6.45) is 5.36. The zero-order valence-corrected chi connectivity index (χ0v) is 8.62. The van der Waals surface area contributed by atoms with E-state index in [1.807, 2.05) is 20.3 Å². The molecule has 1 rings (SSSR count). The zero-order chi connectivity index (χ0) is 9.68. The average molecular weight is 182 g/mol. The quantitative estimate of drug-likeness (QED) is 0.730. The first kappa shape index (κ1) is 10.2. The van der Waals surface area contributed by atoms with Crippen LogP contribution in [0.1, 0.15) is 25.5 Å². The molecule has 1 N–H and O–H groups in total. The predicted molar refractivity (Wildman–Crippen MR) is 52.5 cm³/mol. The van der Waals surface area contributed by atoms with E-state index in [4.69, 9.17) is 0 Å². The number of hydrogen-bond donors (Lipinski definition) is 1. The van der Waals surface area contributed by atoms with Gasteiger partial charge in [0.05, 0.1) is 5.69 Å². The van der Waals surface area contributed by atoms with Gasteiger partial charge >= 0.3 is 0 Å². The fraction of sp³-hybridized carbons (Fsp3) is 0.778. The SMILES string of the molecule is CNC(C)CCCc1cn(C)nn1. The molecule has 1 aromatic rings. The Hall–Kier alpha value is -0.900. The summed E-state index contributed by atoms with van der Waals surface area (Å²) in [6.45, 7) is 2.19. The van der Waals surface area contributed by atoms with Gasteiger partial charge in [0.15, 0.2) is 0 Å². The molecule has 0 fully saturated rings. The van der Waals surface area contributed by atoms with Crippen LogP contribution in [0.4, 0.5) is 0 Å². The van der Waals surface area contributed by atoms with Crippen LogP contribution in [-0.4, -0.2) is 28.1 Å². The summed E-state index contributed by atoms with van der Waals surface area (Å²) < 4.78 is 1.75. The maximum absolute atomic E-state index is 4.03. The molecule has 1 atom stereocenters. The second-order valence-corrected chi connectivity index (χ2v) is 3.47. The van der Waals surface area contributed by atoms with Crippen molar-refractivity contribution in [2.45, 2.75) is 32.2 Å². The molecule has 0 amide bonds. The third-order valence-electron chi connectivity index (χ3n) is 2.21. The smallest absolute Gasteiger partial charge is 0.0827 e. The van der Waals surface area contributed by atoms with Crippen LogP contribution in [0.5, 0.6) is 0 Å². The summed E-state index contributed by atoms with van der Waals surface area (Å²) in [7, 11) is 3.89. The van der Waals surface area contributed by atoms with E-state index in [1.165, 1.54) is 12.8 Å². The fourth-order valence-corrected chi connectivity index (χ4v) is 1.24. The summed E-state index contributed by atoms with van der Waals surface area (Å²) in [5, 5.41) is 11.1. The van der Waals surface area contributed by atoms with Gasteiger partial charge in [0.1, 0.15) is 0 Å². The highest BCUT2D eigenvalue weighted by atomic mass is 15.4. The van der Waals surface area contributed by atoms with Crippen molar-refractivity contribution < 1.29 is 0 Å². The maximum Gasteiger partial charge on any atom is 0.0827 e. The second-order valence-electron chi connectivity index (χ2n) is 3.47. The minimum Gasteiger partial charge on any atom is -0.317 e. The van der Waals surface area contributed by atoms with Crippen LogP contribution >= 0.6 is 0 Å². The first-order valence-electron chi connectivity index (χ1n) is 4.75. The molecule has 4 nitrogen and oxygen atoms in total. The summed E-state index contributed by atoms with van der Waals surface area (Å²) in [5.41, 5.74) is 1.09. The van der Waals surface area contributed by atoms with Crippen molar-refractivity contribution in [1.29, 1.82) is 0 Å². The van der Waals surface area contributed by atoms with Crippen molar-refractivity contribution in [1.82, 2.24) is 20.3 Å².